The third kappa shape index (κ3) is 2.87. The third-order valence-electron chi connectivity index (χ3n) is 2.77. The summed E-state index contributed by atoms with van der Waals surface area (Å²) in [5, 5.41) is 30.3. The molecular weight excluding hydrogens is 256 g/mol. The first-order valence-electron chi connectivity index (χ1n) is 5.90. The Kier molecular flexibility index (Phi) is 3.87. The van der Waals surface area contributed by atoms with Crippen molar-refractivity contribution in [2.24, 2.45) is 0 Å². The molecule has 3 N–H and O–H groups in total. The summed E-state index contributed by atoms with van der Waals surface area (Å²) in [7, 11) is 0. The van der Waals surface area contributed by atoms with Crippen LogP contribution in [0.4, 0.5) is 0 Å². The van der Waals surface area contributed by atoms with Crippen LogP contribution in [-0.4, -0.2) is 16.1 Å². The fraction of sp³-hybridized carbons (Fsp3) is 0.0667. The minimum Gasteiger partial charge on any atom is -0.504 e. The second-order valence-electron chi connectivity index (χ2n) is 4.17. The number of nitrogens with zero attached hydrogens (tertiary/aromatic N) is 1. The highest BCUT2D eigenvalue weighted by Gasteiger charge is 2.13. The molecule has 100 valence electrons. The zero-order valence-corrected chi connectivity index (χ0v) is 10.5. The zero-order chi connectivity index (χ0) is 14.5. The monoisotopic (exact) mass is 268 g/mol. The van der Waals surface area contributed by atoms with E-state index in [1.165, 1.54) is 18.2 Å². The Morgan fingerprint density at radius 3 is 2.70 bits per heavy atom. The minimum absolute atomic E-state index is 0.00133. The molecule has 0 bridgehead atoms. The van der Waals surface area contributed by atoms with Crippen molar-refractivity contribution in [1.29, 1.82) is 5.26 Å². The number of carbonyl (C=O) groups excluding carboxylic acids is 1. The summed E-state index contributed by atoms with van der Waals surface area (Å²) >= 11 is 0. The standard InChI is InChI=1S/C15H12N2O3/c16-8-10-3-1-4-11(7-10)9-17-15(20)12-5-2-6-13(18)14(12)19/h1-7,18-19H,9H2,(H,17,20). The molecule has 0 aliphatic rings. The van der Waals surface area contributed by atoms with Crippen molar-refractivity contribution in [2.75, 3.05) is 0 Å². The maximum atomic E-state index is 11.9. The lowest BCUT2D eigenvalue weighted by molar-refractivity contribution is 0.0947. The van der Waals surface area contributed by atoms with Crippen molar-refractivity contribution < 1.29 is 15.0 Å². The van der Waals surface area contributed by atoms with Crippen molar-refractivity contribution in [3.63, 3.8) is 0 Å². The first-order chi connectivity index (χ1) is 9.61. The molecule has 0 fully saturated rings. The molecule has 0 unspecified atom stereocenters. The topological polar surface area (TPSA) is 93.4 Å². The maximum Gasteiger partial charge on any atom is 0.255 e. The van der Waals surface area contributed by atoms with Crippen LogP contribution in [0.1, 0.15) is 21.5 Å². The van der Waals surface area contributed by atoms with Gasteiger partial charge in [-0.15, -0.1) is 0 Å². The summed E-state index contributed by atoms with van der Waals surface area (Å²) in [6.45, 7) is 0.226. The number of phenolic OH excluding ortho intramolecular Hbond substituents is 2. The van der Waals surface area contributed by atoms with Gasteiger partial charge in [0, 0.05) is 6.54 Å². The van der Waals surface area contributed by atoms with Gasteiger partial charge in [0.05, 0.1) is 17.2 Å². The van der Waals surface area contributed by atoms with Gasteiger partial charge in [0.1, 0.15) is 0 Å². The molecule has 1 amide bonds. The molecular formula is C15H12N2O3. The van der Waals surface area contributed by atoms with Crippen LogP contribution in [0.2, 0.25) is 0 Å². The van der Waals surface area contributed by atoms with Crippen LogP contribution in [-0.2, 0) is 6.54 Å². The van der Waals surface area contributed by atoms with Crippen molar-refractivity contribution in [2.45, 2.75) is 6.54 Å². The molecule has 2 rings (SSSR count). The summed E-state index contributed by atoms with van der Waals surface area (Å²) in [6.07, 6.45) is 0. The zero-order valence-electron chi connectivity index (χ0n) is 10.5. The average Bonchev–Trinajstić information content (AvgIpc) is 2.48. The number of nitriles is 1. The van der Waals surface area contributed by atoms with E-state index in [-0.39, 0.29) is 17.9 Å². The van der Waals surface area contributed by atoms with E-state index in [1.807, 2.05) is 6.07 Å². The Bertz CT molecular complexity index is 690. The number of para-hydroxylation sites is 1. The summed E-state index contributed by atoms with van der Waals surface area (Å²) < 4.78 is 0. The predicted octanol–water partition coefficient (Wildman–Crippen LogP) is 1.90. The first-order valence-corrected chi connectivity index (χ1v) is 5.90. The molecule has 0 saturated heterocycles. The van der Waals surface area contributed by atoms with E-state index in [9.17, 15) is 15.0 Å². The van der Waals surface area contributed by atoms with E-state index in [2.05, 4.69) is 5.32 Å². The summed E-state index contributed by atoms with van der Waals surface area (Å²) in [5.74, 6) is -1.29. The molecule has 0 atom stereocenters. The molecule has 0 aliphatic carbocycles. The van der Waals surface area contributed by atoms with Crippen molar-refractivity contribution in [3.8, 4) is 17.6 Å². The lowest BCUT2D eigenvalue weighted by Crippen LogP contribution is -2.22. The van der Waals surface area contributed by atoms with E-state index in [0.717, 1.165) is 5.56 Å². The molecule has 0 aromatic heterocycles. The number of hydrogen-bond donors (Lipinski definition) is 3. The molecule has 5 heteroatoms. The molecule has 0 radical (unpaired) electrons. The minimum atomic E-state index is -0.499. The lowest BCUT2D eigenvalue weighted by Gasteiger charge is -2.08. The van der Waals surface area contributed by atoms with Crippen molar-refractivity contribution in [1.82, 2.24) is 5.32 Å². The summed E-state index contributed by atoms with van der Waals surface area (Å²) in [5.41, 5.74) is 1.29. The number of hydrogen-bond acceptors (Lipinski definition) is 4. The number of carbonyl (C=O) groups is 1. The Hall–Kier alpha value is -3.00. The van der Waals surface area contributed by atoms with Crippen LogP contribution in [0.15, 0.2) is 42.5 Å². The SMILES string of the molecule is N#Cc1cccc(CNC(=O)c2cccc(O)c2O)c1. The second-order valence-corrected chi connectivity index (χ2v) is 4.17. The molecule has 2 aromatic rings. The van der Waals surface area contributed by atoms with E-state index in [4.69, 9.17) is 5.26 Å². The molecule has 0 spiro atoms. The number of nitrogens with one attached hydrogen (secondary N) is 1. The molecule has 5 nitrogen and oxygen atoms in total. The number of aromatic hydroxyl groups is 2. The highest BCUT2D eigenvalue weighted by Crippen LogP contribution is 2.27. The van der Waals surface area contributed by atoms with Crippen LogP contribution in [0, 0.1) is 11.3 Å². The smallest absolute Gasteiger partial charge is 0.255 e. The second kappa shape index (κ2) is 5.76. The van der Waals surface area contributed by atoms with Gasteiger partial charge in [-0.05, 0) is 29.8 Å². The Labute approximate surface area is 115 Å². The number of rotatable bonds is 3. The highest BCUT2D eigenvalue weighted by atomic mass is 16.3. The van der Waals surface area contributed by atoms with Crippen molar-refractivity contribution >= 4 is 5.91 Å². The van der Waals surface area contributed by atoms with Crippen LogP contribution >= 0.6 is 0 Å². The Balaban J connectivity index is 2.09. The Morgan fingerprint density at radius 1 is 1.20 bits per heavy atom. The van der Waals surface area contributed by atoms with E-state index < -0.39 is 11.7 Å². The first kappa shape index (κ1) is 13.4. The highest BCUT2D eigenvalue weighted by molar-refractivity contribution is 5.97. The Morgan fingerprint density at radius 2 is 1.95 bits per heavy atom. The van der Waals surface area contributed by atoms with Gasteiger partial charge in [-0.25, -0.2) is 0 Å². The van der Waals surface area contributed by atoms with Gasteiger partial charge in [0.2, 0.25) is 0 Å². The molecule has 0 heterocycles. The van der Waals surface area contributed by atoms with Crippen LogP contribution in [0.3, 0.4) is 0 Å². The van der Waals surface area contributed by atoms with Gasteiger partial charge in [-0.2, -0.15) is 5.26 Å². The van der Waals surface area contributed by atoms with Crippen LogP contribution < -0.4 is 5.32 Å². The third-order valence-corrected chi connectivity index (χ3v) is 2.77. The quantitative estimate of drug-likeness (QED) is 0.741. The van der Waals surface area contributed by atoms with Gasteiger partial charge in [-0.3, -0.25) is 4.79 Å². The lowest BCUT2D eigenvalue weighted by atomic mass is 10.1. The normalized spacial score (nSPS) is 9.75. The van der Waals surface area contributed by atoms with Crippen LogP contribution in [0.5, 0.6) is 11.5 Å². The fourth-order valence-electron chi connectivity index (χ4n) is 1.74. The van der Waals surface area contributed by atoms with E-state index in [0.29, 0.717) is 5.56 Å². The van der Waals surface area contributed by atoms with Crippen LogP contribution in [0.25, 0.3) is 0 Å². The summed E-state index contributed by atoms with van der Waals surface area (Å²) in [4.78, 5) is 11.9. The maximum absolute atomic E-state index is 11.9. The predicted molar refractivity (Wildman–Crippen MR) is 72.1 cm³/mol. The molecule has 20 heavy (non-hydrogen) atoms. The van der Waals surface area contributed by atoms with Crippen molar-refractivity contribution in [3.05, 3.63) is 59.2 Å². The summed E-state index contributed by atoms with van der Waals surface area (Å²) in [6, 6.07) is 13.0. The fourth-order valence-corrected chi connectivity index (χ4v) is 1.74. The number of amides is 1. The van der Waals surface area contributed by atoms with Gasteiger partial charge in [0.25, 0.3) is 5.91 Å². The van der Waals surface area contributed by atoms with Gasteiger partial charge in [0.15, 0.2) is 11.5 Å². The van der Waals surface area contributed by atoms with Gasteiger partial charge < -0.3 is 15.5 Å². The molecule has 2 aromatic carbocycles. The number of phenols is 2. The largest absolute Gasteiger partial charge is 0.504 e. The molecule has 0 saturated carbocycles. The van der Waals surface area contributed by atoms with E-state index >= 15 is 0 Å². The van der Waals surface area contributed by atoms with Gasteiger partial charge in [-0.1, -0.05) is 18.2 Å². The number of benzene rings is 2. The molecule has 0 aliphatic heterocycles. The van der Waals surface area contributed by atoms with E-state index in [1.54, 1.807) is 24.3 Å². The average molecular weight is 268 g/mol. The van der Waals surface area contributed by atoms with Gasteiger partial charge >= 0.3 is 0 Å².